The lowest BCUT2D eigenvalue weighted by atomic mass is 10.1. The second-order valence-corrected chi connectivity index (χ2v) is 7.21. The quantitative estimate of drug-likeness (QED) is 0.753. The molecule has 3 heterocycles. The van der Waals surface area contributed by atoms with Gasteiger partial charge in [-0.25, -0.2) is 4.98 Å². The Labute approximate surface area is 160 Å². The Morgan fingerprint density at radius 1 is 1.26 bits per heavy atom. The average molecular weight is 379 g/mol. The number of carbonyl (C=O) groups is 2. The van der Waals surface area contributed by atoms with Gasteiger partial charge in [0.2, 0.25) is 11.8 Å². The highest BCUT2D eigenvalue weighted by Gasteiger charge is 2.30. The molecule has 4 rings (SSSR count). The molecule has 7 heteroatoms. The summed E-state index contributed by atoms with van der Waals surface area (Å²) in [6, 6.07) is 12.7. The number of aromatic nitrogens is 1. The number of nitrogens with one attached hydrogen (secondary N) is 1. The second-order valence-electron chi connectivity index (χ2n) is 6.18. The maximum atomic E-state index is 13.1. The van der Waals surface area contributed by atoms with Gasteiger partial charge in [-0.15, -0.1) is 11.3 Å². The van der Waals surface area contributed by atoms with Crippen LogP contribution in [0.2, 0.25) is 0 Å². The van der Waals surface area contributed by atoms with Crippen LogP contribution < -0.4 is 15.0 Å². The first kappa shape index (κ1) is 17.2. The Balaban J connectivity index is 1.64. The minimum absolute atomic E-state index is 0.0989. The van der Waals surface area contributed by atoms with Crippen molar-refractivity contribution < 1.29 is 14.3 Å². The van der Waals surface area contributed by atoms with Crippen LogP contribution >= 0.6 is 11.3 Å². The molecule has 3 aromatic rings. The second kappa shape index (κ2) is 7.20. The lowest BCUT2D eigenvalue weighted by molar-refractivity contribution is -0.119. The molecule has 6 nitrogen and oxygen atoms in total. The fourth-order valence-electron chi connectivity index (χ4n) is 2.87. The van der Waals surface area contributed by atoms with E-state index in [1.54, 1.807) is 35.7 Å². The zero-order valence-corrected chi connectivity index (χ0v) is 15.5. The molecule has 27 heavy (non-hydrogen) atoms. The van der Waals surface area contributed by atoms with Gasteiger partial charge in [-0.3, -0.25) is 14.5 Å². The van der Waals surface area contributed by atoms with E-state index in [1.165, 1.54) is 4.90 Å². The third kappa shape index (κ3) is 3.54. The third-order valence-electron chi connectivity index (χ3n) is 4.20. The molecule has 0 radical (unpaired) electrons. The first-order valence-electron chi connectivity index (χ1n) is 8.46. The predicted octanol–water partition coefficient (Wildman–Crippen LogP) is 3.52. The van der Waals surface area contributed by atoms with E-state index in [4.69, 9.17) is 4.74 Å². The molecule has 2 aromatic heterocycles. The van der Waals surface area contributed by atoms with Crippen LogP contribution in [-0.4, -0.2) is 23.3 Å². The van der Waals surface area contributed by atoms with Crippen molar-refractivity contribution in [3.8, 4) is 11.6 Å². The summed E-state index contributed by atoms with van der Waals surface area (Å²) >= 11 is 1.57. The Morgan fingerprint density at radius 2 is 2.15 bits per heavy atom. The number of amides is 2. The molecule has 0 fully saturated rings. The summed E-state index contributed by atoms with van der Waals surface area (Å²) < 4.78 is 5.85. The molecule has 1 aliphatic rings. The lowest BCUT2D eigenvalue weighted by Crippen LogP contribution is -2.40. The molecule has 0 unspecified atom stereocenters. The SMILES string of the molecule is Cc1ccc2c(c1)N(CC(=O)NCc1cccs1)C(=O)c1cccnc1O2. The first-order chi connectivity index (χ1) is 13.1. The number of ether oxygens (including phenoxy) is 1. The number of rotatable bonds is 4. The van der Waals surface area contributed by atoms with Crippen molar-refractivity contribution in [2.75, 3.05) is 11.4 Å². The summed E-state index contributed by atoms with van der Waals surface area (Å²) in [5.41, 5.74) is 1.86. The van der Waals surface area contributed by atoms with Crippen molar-refractivity contribution in [3.63, 3.8) is 0 Å². The van der Waals surface area contributed by atoms with Crippen LogP contribution in [0.1, 0.15) is 20.8 Å². The van der Waals surface area contributed by atoms with Gasteiger partial charge in [-0.05, 0) is 48.2 Å². The number of carbonyl (C=O) groups excluding carboxylic acids is 2. The van der Waals surface area contributed by atoms with Gasteiger partial charge in [0, 0.05) is 11.1 Å². The Kier molecular flexibility index (Phi) is 4.60. The van der Waals surface area contributed by atoms with Gasteiger partial charge < -0.3 is 10.1 Å². The summed E-state index contributed by atoms with van der Waals surface area (Å²) in [4.78, 5) is 32.3. The van der Waals surface area contributed by atoms with Crippen LogP contribution in [0, 0.1) is 6.92 Å². The number of anilines is 1. The number of benzene rings is 1. The first-order valence-corrected chi connectivity index (χ1v) is 9.34. The van der Waals surface area contributed by atoms with Crippen LogP contribution in [0.3, 0.4) is 0 Å². The van der Waals surface area contributed by atoms with E-state index in [1.807, 2.05) is 36.6 Å². The van der Waals surface area contributed by atoms with Crippen LogP contribution in [0.4, 0.5) is 5.69 Å². The van der Waals surface area contributed by atoms with Crippen LogP contribution in [0.15, 0.2) is 54.0 Å². The molecule has 1 aromatic carbocycles. The highest BCUT2D eigenvalue weighted by molar-refractivity contribution is 7.09. The number of aryl methyl sites for hydroxylation is 1. The van der Waals surface area contributed by atoms with Gasteiger partial charge in [0.1, 0.15) is 12.1 Å². The minimum atomic E-state index is -0.311. The summed E-state index contributed by atoms with van der Waals surface area (Å²) in [5, 5.41) is 4.82. The van der Waals surface area contributed by atoms with E-state index >= 15 is 0 Å². The summed E-state index contributed by atoms with van der Waals surface area (Å²) in [5.74, 6) is 0.192. The standard InChI is InChI=1S/C20H17N3O3S/c1-13-6-7-17-16(10-13)23(12-18(24)22-11-14-4-3-9-27-14)20(25)15-5-2-8-21-19(15)26-17/h2-10H,11-12H2,1H3,(H,22,24). The Morgan fingerprint density at radius 3 is 2.96 bits per heavy atom. The maximum Gasteiger partial charge on any atom is 0.264 e. The van der Waals surface area contributed by atoms with E-state index in [0.717, 1.165) is 10.4 Å². The van der Waals surface area contributed by atoms with Crippen molar-refractivity contribution in [2.24, 2.45) is 0 Å². The number of thiophene rings is 1. The molecule has 1 N–H and O–H groups in total. The summed E-state index contributed by atoms with van der Waals surface area (Å²) in [7, 11) is 0. The van der Waals surface area contributed by atoms with E-state index in [-0.39, 0.29) is 24.2 Å². The number of fused-ring (bicyclic) bond motifs is 2. The lowest BCUT2D eigenvalue weighted by Gasteiger charge is -2.22. The maximum absolute atomic E-state index is 13.1. The largest absolute Gasteiger partial charge is 0.436 e. The molecule has 1 aliphatic heterocycles. The number of hydrogen-bond donors (Lipinski definition) is 1. The predicted molar refractivity (Wildman–Crippen MR) is 103 cm³/mol. The van der Waals surface area contributed by atoms with Gasteiger partial charge in [0.25, 0.3) is 5.91 Å². The molecule has 0 spiro atoms. The molecule has 136 valence electrons. The summed E-state index contributed by atoms with van der Waals surface area (Å²) in [6.45, 7) is 2.27. The highest BCUT2D eigenvalue weighted by Crippen LogP contribution is 2.38. The Bertz CT molecular complexity index is 1000. The van der Waals surface area contributed by atoms with Crippen LogP contribution in [0.25, 0.3) is 0 Å². The average Bonchev–Trinajstić information content (AvgIpc) is 3.16. The van der Waals surface area contributed by atoms with Crippen molar-refractivity contribution in [2.45, 2.75) is 13.5 Å². The zero-order chi connectivity index (χ0) is 18.8. The Hall–Kier alpha value is -3.19. The molecule has 0 saturated carbocycles. The van der Waals surface area contributed by atoms with Gasteiger partial charge in [0.15, 0.2) is 5.75 Å². The number of pyridine rings is 1. The van der Waals surface area contributed by atoms with E-state index in [9.17, 15) is 9.59 Å². The van der Waals surface area contributed by atoms with Crippen molar-refractivity contribution in [1.82, 2.24) is 10.3 Å². The molecule has 0 bridgehead atoms. The monoisotopic (exact) mass is 379 g/mol. The van der Waals surface area contributed by atoms with Gasteiger partial charge >= 0.3 is 0 Å². The molecule has 0 aliphatic carbocycles. The molecular formula is C20H17N3O3S. The van der Waals surface area contributed by atoms with Crippen LogP contribution in [0.5, 0.6) is 11.6 Å². The highest BCUT2D eigenvalue weighted by atomic mass is 32.1. The van der Waals surface area contributed by atoms with Crippen molar-refractivity contribution in [1.29, 1.82) is 0 Å². The fraction of sp³-hybridized carbons (Fsp3) is 0.150. The third-order valence-corrected chi connectivity index (χ3v) is 5.08. The molecule has 2 amide bonds. The molecule has 0 atom stereocenters. The van der Waals surface area contributed by atoms with Crippen molar-refractivity contribution in [3.05, 3.63) is 70.0 Å². The van der Waals surface area contributed by atoms with E-state index < -0.39 is 0 Å². The van der Waals surface area contributed by atoms with Crippen LogP contribution in [-0.2, 0) is 11.3 Å². The summed E-state index contributed by atoms with van der Waals surface area (Å²) in [6.07, 6.45) is 1.57. The van der Waals surface area contributed by atoms with Gasteiger partial charge in [-0.2, -0.15) is 0 Å². The van der Waals surface area contributed by atoms with Gasteiger partial charge in [0.05, 0.1) is 12.2 Å². The van der Waals surface area contributed by atoms with Gasteiger partial charge in [-0.1, -0.05) is 12.1 Å². The normalized spacial score (nSPS) is 12.6. The number of nitrogens with zero attached hydrogens (tertiary/aromatic N) is 2. The van der Waals surface area contributed by atoms with E-state index in [2.05, 4.69) is 10.3 Å². The minimum Gasteiger partial charge on any atom is -0.436 e. The fourth-order valence-corrected chi connectivity index (χ4v) is 3.52. The van der Waals surface area contributed by atoms with E-state index in [0.29, 0.717) is 23.5 Å². The smallest absolute Gasteiger partial charge is 0.264 e. The molecular weight excluding hydrogens is 362 g/mol. The number of hydrogen-bond acceptors (Lipinski definition) is 5. The zero-order valence-electron chi connectivity index (χ0n) is 14.6. The van der Waals surface area contributed by atoms with Crippen molar-refractivity contribution >= 4 is 28.8 Å². The topological polar surface area (TPSA) is 71.5 Å². The molecule has 0 saturated heterocycles.